The highest BCUT2D eigenvalue weighted by Gasteiger charge is 2.28. The molecular formula is C17H19N3O2S3. The first-order valence-electron chi connectivity index (χ1n) is 7.81. The molecule has 0 radical (unpaired) electrons. The van der Waals surface area contributed by atoms with Gasteiger partial charge in [0.25, 0.3) is 0 Å². The first-order valence-corrected chi connectivity index (χ1v) is 10.9. The molecule has 1 heterocycles. The topological polar surface area (TPSA) is 84.2 Å². The summed E-state index contributed by atoms with van der Waals surface area (Å²) in [6.07, 6.45) is 0.599. The molecule has 1 aliphatic heterocycles. The number of benzene rings is 2. The fourth-order valence-corrected chi connectivity index (χ4v) is 5.31. The van der Waals surface area contributed by atoms with Crippen molar-refractivity contribution in [1.82, 2.24) is 5.32 Å². The Morgan fingerprint density at radius 3 is 2.24 bits per heavy atom. The van der Waals surface area contributed by atoms with E-state index in [0.717, 1.165) is 21.2 Å². The van der Waals surface area contributed by atoms with E-state index in [1.165, 1.54) is 0 Å². The number of nitrogen functional groups attached to an aromatic ring is 1. The highest BCUT2D eigenvalue weighted by atomic mass is 32.2. The molecule has 2 aromatic carbocycles. The Bertz CT molecular complexity index is 850. The smallest absolute Gasteiger partial charge is 0.171 e. The number of hydrogen-bond acceptors (Lipinski definition) is 5. The summed E-state index contributed by atoms with van der Waals surface area (Å²) in [5.74, 6) is 0.371. The Labute approximate surface area is 157 Å². The Hall–Kier alpha value is -1.77. The first kappa shape index (κ1) is 18.0. The molecule has 0 aliphatic carbocycles. The molecule has 8 heteroatoms. The Morgan fingerprint density at radius 1 is 1.08 bits per heavy atom. The van der Waals surface area contributed by atoms with Gasteiger partial charge in [-0.05, 0) is 67.2 Å². The van der Waals surface area contributed by atoms with Crippen molar-refractivity contribution < 1.29 is 8.42 Å². The summed E-state index contributed by atoms with van der Waals surface area (Å²) < 4.78 is 22.9. The van der Waals surface area contributed by atoms with Crippen molar-refractivity contribution in [2.75, 3.05) is 22.6 Å². The lowest BCUT2D eigenvalue weighted by atomic mass is 10.3. The van der Waals surface area contributed by atoms with Crippen molar-refractivity contribution in [3.63, 3.8) is 0 Å². The molecular weight excluding hydrogens is 374 g/mol. The second-order valence-electron chi connectivity index (χ2n) is 5.89. The summed E-state index contributed by atoms with van der Waals surface area (Å²) in [7, 11) is -2.91. The fourth-order valence-electron chi connectivity index (χ4n) is 2.54. The number of nitrogens with two attached hydrogens (primary N) is 1. The van der Waals surface area contributed by atoms with Gasteiger partial charge in [-0.3, -0.25) is 0 Å². The zero-order valence-electron chi connectivity index (χ0n) is 13.4. The maximum atomic E-state index is 11.5. The van der Waals surface area contributed by atoms with E-state index in [1.807, 2.05) is 48.5 Å². The van der Waals surface area contributed by atoms with Crippen LogP contribution in [0.1, 0.15) is 6.42 Å². The maximum Gasteiger partial charge on any atom is 0.171 e. The Kier molecular flexibility index (Phi) is 5.51. The van der Waals surface area contributed by atoms with Crippen molar-refractivity contribution in [1.29, 1.82) is 0 Å². The third-order valence-corrected chi connectivity index (χ3v) is 6.80. The molecule has 3 rings (SSSR count). The highest BCUT2D eigenvalue weighted by molar-refractivity contribution is 7.99. The standard InChI is InChI=1S/C17H19N3O2S3/c18-12-1-5-15(6-2-12)24-16-7-3-13(4-8-16)19-17(23)20-14-9-10-25(21,22)11-14/h1-8,14H,9-11,18H2,(H2,19,20,23). The lowest BCUT2D eigenvalue weighted by Crippen LogP contribution is -2.38. The van der Waals surface area contributed by atoms with Crippen LogP contribution in [-0.4, -0.2) is 31.1 Å². The summed E-state index contributed by atoms with van der Waals surface area (Å²) in [5.41, 5.74) is 7.30. The van der Waals surface area contributed by atoms with Gasteiger partial charge in [-0.1, -0.05) is 11.8 Å². The lowest BCUT2D eigenvalue weighted by molar-refractivity contribution is 0.600. The van der Waals surface area contributed by atoms with E-state index in [1.54, 1.807) is 11.8 Å². The van der Waals surface area contributed by atoms with Gasteiger partial charge in [-0.2, -0.15) is 0 Å². The monoisotopic (exact) mass is 393 g/mol. The highest BCUT2D eigenvalue weighted by Crippen LogP contribution is 2.29. The number of sulfone groups is 1. The van der Waals surface area contributed by atoms with E-state index in [2.05, 4.69) is 10.6 Å². The number of nitrogens with one attached hydrogen (secondary N) is 2. The fraction of sp³-hybridized carbons (Fsp3) is 0.235. The van der Waals surface area contributed by atoms with E-state index in [9.17, 15) is 8.42 Å². The molecule has 2 aromatic rings. The minimum Gasteiger partial charge on any atom is -0.399 e. The summed E-state index contributed by atoms with van der Waals surface area (Å²) >= 11 is 6.91. The average Bonchev–Trinajstić information content (AvgIpc) is 2.90. The Balaban J connectivity index is 1.53. The molecule has 0 amide bonds. The van der Waals surface area contributed by atoms with Gasteiger partial charge in [0.2, 0.25) is 0 Å². The minimum absolute atomic E-state index is 0.106. The molecule has 5 nitrogen and oxygen atoms in total. The molecule has 0 spiro atoms. The van der Waals surface area contributed by atoms with E-state index < -0.39 is 9.84 Å². The van der Waals surface area contributed by atoms with E-state index in [-0.39, 0.29) is 17.5 Å². The van der Waals surface area contributed by atoms with Gasteiger partial charge in [0.15, 0.2) is 14.9 Å². The predicted molar refractivity (Wildman–Crippen MR) is 108 cm³/mol. The van der Waals surface area contributed by atoms with E-state index in [4.69, 9.17) is 18.0 Å². The maximum absolute atomic E-state index is 11.5. The van der Waals surface area contributed by atoms with Crippen LogP contribution in [0.3, 0.4) is 0 Å². The second kappa shape index (κ2) is 7.63. The first-order chi connectivity index (χ1) is 11.9. The second-order valence-corrected chi connectivity index (χ2v) is 9.68. The lowest BCUT2D eigenvalue weighted by Gasteiger charge is -2.15. The van der Waals surface area contributed by atoms with Gasteiger partial charge < -0.3 is 16.4 Å². The molecule has 1 fully saturated rings. The zero-order valence-corrected chi connectivity index (χ0v) is 15.9. The van der Waals surface area contributed by atoms with Crippen molar-refractivity contribution in [2.45, 2.75) is 22.3 Å². The molecule has 1 saturated heterocycles. The summed E-state index contributed by atoms with van der Waals surface area (Å²) in [4.78, 5) is 2.23. The van der Waals surface area contributed by atoms with Crippen LogP contribution in [0.2, 0.25) is 0 Å². The average molecular weight is 394 g/mol. The molecule has 132 valence electrons. The predicted octanol–water partition coefficient (Wildman–Crippen LogP) is 2.89. The third kappa shape index (κ3) is 5.35. The van der Waals surface area contributed by atoms with Gasteiger partial charge in [0.05, 0.1) is 11.5 Å². The normalized spacial score (nSPS) is 18.6. The van der Waals surface area contributed by atoms with Gasteiger partial charge in [0, 0.05) is 27.2 Å². The molecule has 1 atom stereocenters. The van der Waals surface area contributed by atoms with Gasteiger partial charge >= 0.3 is 0 Å². The summed E-state index contributed by atoms with van der Waals surface area (Å²) in [6.45, 7) is 0. The number of hydrogen-bond donors (Lipinski definition) is 3. The Morgan fingerprint density at radius 2 is 1.68 bits per heavy atom. The van der Waals surface area contributed by atoms with Crippen LogP contribution in [0.5, 0.6) is 0 Å². The van der Waals surface area contributed by atoms with Gasteiger partial charge in [0.1, 0.15) is 0 Å². The summed E-state index contributed by atoms with van der Waals surface area (Å²) in [5, 5.41) is 6.61. The van der Waals surface area contributed by atoms with Crippen LogP contribution >= 0.6 is 24.0 Å². The van der Waals surface area contributed by atoms with Gasteiger partial charge in [-0.25, -0.2) is 8.42 Å². The van der Waals surface area contributed by atoms with Crippen LogP contribution in [-0.2, 0) is 9.84 Å². The number of rotatable bonds is 4. The van der Waals surface area contributed by atoms with Crippen molar-refractivity contribution in [2.24, 2.45) is 0 Å². The molecule has 1 aliphatic rings. The molecule has 0 aromatic heterocycles. The minimum atomic E-state index is -2.91. The molecule has 0 bridgehead atoms. The van der Waals surface area contributed by atoms with Crippen LogP contribution in [0.25, 0.3) is 0 Å². The SMILES string of the molecule is Nc1ccc(Sc2ccc(NC(=S)NC3CCS(=O)(=O)C3)cc2)cc1. The van der Waals surface area contributed by atoms with Crippen LogP contribution in [0.4, 0.5) is 11.4 Å². The quantitative estimate of drug-likeness (QED) is 0.544. The van der Waals surface area contributed by atoms with Crippen molar-refractivity contribution in [3.05, 3.63) is 48.5 Å². The van der Waals surface area contributed by atoms with Crippen molar-refractivity contribution >= 4 is 50.3 Å². The van der Waals surface area contributed by atoms with Crippen LogP contribution < -0.4 is 16.4 Å². The van der Waals surface area contributed by atoms with E-state index in [0.29, 0.717) is 11.5 Å². The van der Waals surface area contributed by atoms with Gasteiger partial charge in [-0.15, -0.1) is 0 Å². The number of anilines is 2. The zero-order chi connectivity index (χ0) is 17.9. The molecule has 1 unspecified atom stereocenters. The molecule has 4 N–H and O–H groups in total. The molecule has 25 heavy (non-hydrogen) atoms. The number of thiocarbonyl (C=S) groups is 1. The van der Waals surface area contributed by atoms with Crippen molar-refractivity contribution in [3.8, 4) is 0 Å². The van der Waals surface area contributed by atoms with Crippen LogP contribution in [0.15, 0.2) is 58.3 Å². The molecule has 0 saturated carbocycles. The van der Waals surface area contributed by atoms with Crippen LogP contribution in [0, 0.1) is 0 Å². The van der Waals surface area contributed by atoms with E-state index >= 15 is 0 Å². The third-order valence-electron chi connectivity index (χ3n) is 3.80. The largest absolute Gasteiger partial charge is 0.399 e. The summed E-state index contributed by atoms with van der Waals surface area (Å²) in [6, 6.07) is 15.5.